The van der Waals surface area contributed by atoms with Crippen molar-refractivity contribution < 1.29 is 4.79 Å². The summed E-state index contributed by atoms with van der Waals surface area (Å²) in [4.78, 5) is 24.4. The molecule has 0 aromatic carbocycles. The van der Waals surface area contributed by atoms with Gasteiger partial charge in [-0.3, -0.25) is 10.1 Å². The van der Waals surface area contributed by atoms with Crippen LogP contribution in [0.25, 0.3) is 0 Å². The van der Waals surface area contributed by atoms with Crippen molar-refractivity contribution in [2.24, 2.45) is 7.05 Å². The van der Waals surface area contributed by atoms with Gasteiger partial charge in [0.05, 0.1) is 5.56 Å². The van der Waals surface area contributed by atoms with Crippen LogP contribution >= 0.6 is 0 Å². The maximum Gasteiger partial charge on any atom is 0.261 e. The van der Waals surface area contributed by atoms with Gasteiger partial charge in [-0.2, -0.15) is 0 Å². The lowest BCUT2D eigenvalue weighted by atomic mass is 10.3. The Morgan fingerprint density at radius 3 is 2.61 bits per heavy atom. The van der Waals surface area contributed by atoms with Crippen LogP contribution in [0.2, 0.25) is 0 Å². The van der Waals surface area contributed by atoms with Gasteiger partial charge in [-0.1, -0.05) is 0 Å². The van der Waals surface area contributed by atoms with Crippen LogP contribution in [0, 0.1) is 0 Å². The molecule has 18 heavy (non-hydrogen) atoms. The Bertz CT molecular complexity index is 570. The molecule has 1 fully saturated rings. The molecule has 0 unspecified atom stereocenters. The molecule has 1 aliphatic rings. The fourth-order valence-corrected chi connectivity index (χ4v) is 1.67. The van der Waals surface area contributed by atoms with E-state index in [0.717, 1.165) is 18.7 Å². The van der Waals surface area contributed by atoms with E-state index < -0.39 is 0 Å². The van der Waals surface area contributed by atoms with E-state index in [0.29, 0.717) is 17.4 Å². The van der Waals surface area contributed by atoms with E-state index in [9.17, 15) is 4.79 Å². The van der Waals surface area contributed by atoms with E-state index in [2.05, 4.69) is 20.3 Å². The molecule has 0 radical (unpaired) electrons. The molecular formula is C12H13N5O. The van der Waals surface area contributed by atoms with Crippen LogP contribution < -0.4 is 5.32 Å². The van der Waals surface area contributed by atoms with Crippen molar-refractivity contribution >= 4 is 11.9 Å². The van der Waals surface area contributed by atoms with Crippen molar-refractivity contribution in [1.82, 2.24) is 19.5 Å². The molecule has 2 aromatic heterocycles. The molecule has 1 N–H and O–H groups in total. The van der Waals surface area contributed by atoms with Crippen molar-refractivity contribution in [2.75, 3.05) is 5.32 Å². The normalized spacial score (nSPS) is 14.5. The number of amides is 1. The zero-order valence-electron chi connectivity index (χ0n) is 10.00. The van der Waals surface area contributed by atoms with Crippen molar-refractivity contribution in [2.45, 2.75) is 18.8 Å². The van der Waals surface area contributed by atoms with Gasteiger partial charge in [0.1, 0.15) is 5.82 Å². The highest BCUT2D eigenvalue weighted by molar-refractivity contribution is 6.02. The van der Waals surface area contributed by atoms with Crippen LogP contribution in [0.4, 0.5) is 5.95 Å². The minimum Gasteiger partial charge on any atom is -0.320 e. The smallest absolute Gasteiger partial charge is 0.261 e. The molecule has 2 heterocycles. The molecule has 0 aliphatic heterocycles. The standard InChI is InChI=1S/C12H13N5O/c1-17-5-4-13-12(17)16-11(18)9-6-14-10(15-7-9)8-2-3-8/h4-8H,2-3H2,1H3,(H,13,16,18). The second-order valence-corrected chi connectivity index (χ2v) is 4.42. The maximum absolute atomic E-state index is 11.9. The van der Waals surface area contributed by atoms with Crippen LogP contribution in [0.1, 0.15) is 34.9 Å². The average molecular weight is 243 g/mol. The summed E-state index contributed by atoms with van der Waals surface area (Å²) < 4.78 is 1.73. The molecule has 2 aromatic rings. The summed E-state index contributed by atoms with van der Waals surface area (Å²) in [6.07, 6.45) is 8.83. The van der Waals surface area contributed by atoms with Crippen molar-refractivity contribution in [3.05, 3.63) is 36.2 Å². The first-order valence-electron chi connectivity index (χ1n) is 5.84. The van der Waals surface area contributed by atoms with Gasteiger partial charge in [0.2, 0.25) is 5.95 Å². The first-order valence-corrected chi connectivity index (χ1v) is 5.84. The van der Waals surface area contributed by atoms with Gasteiger partial charge in [0.25, 0.3) is 5.91 Å². The number of rotatable bonds is 3. The number of carbonyl (C=O) groups is 1. The van der Waals surface area contributed by atoms with Crippen LogP contribution in [-0.4, -0.2) is 25.4 Å². The molecule has 1 saturated carbocycles. The van der Waals surface area contributed by atoms with Crippen molar-refractivity contribution in [3.63, 3.8) is 0 Å². The molecule has 0 bridgehead atoms. The number of aromatic nitrogens is 4. The zero-order chi connectivity index (χ0) is 12.5. The zero-order valence-corrected chi connectivity index (χ0v) is 10.00. The Labute approximate surface area is 104 Å². The van der Waals surface area contributed by atoms with Crippen molar-refractivity contribution in [1.29, 1.82) is 0 Å². The molecule has 0 atom stereocenters. The Hall–Kier alpha value is -2.24. The fourth-order valence-electron chi connectivity index (χ4n) is 1.67. The van der Waals surface area contributed by atoms with E-state index in [1.165, 1.54) is 0 Å². The van der Waals surface area contributed by atoms with Gasteiger partial charge in [0, 0.05) is 37.8 Å². The molecule has 0 spiro atoms. The SMILES string of the molecule is Cn1ccnc1NC(=O)c1cnc(C2CC2)nc1. The van der Waals surface area contributed by atoms with E-state index in [1.807, 2.05) is 7.05 Å². The molecule has 92 valence electrons. The Kier molecular flexibility index (Phi) is 2.55. The molecule has 6 nitrogen and oxygen atoms in total. The van der Waals surface area contributed by atoms with Crippen LogP contribution in [0.3, 0.4) is 0 Å². The van der Waals surface area contributed by atoms with Crippen LogP contribution in [0.15, 0.2) is 24.8 Å². The summed E-state index contributed by atoms with van der Waals surface area (Å²) in [7, 11) is 1.81. The van der Waals surface area contributed by atoms with Gasteiger partial charge >= 0.3 is 0 Å². The number of aryl methyl sites for hydroxylation is 1. The lowest BCUT2D eigenvalue weighted by Crippen LogP contribution is -2.15. The number of hydrogen-bond donors (Lipinski definition) is 1. The third-order valence-electron chi connectivity index (χ3n) is 2.92. The van der Waals surface area contributed by atoms with E-state index in [1.54, 1.807) is 29.4 Å². The summed E-state index contributed by atoms with van der Waals surface area (Å²) in [6.45, 7) is 0. The maximum atomic E-state index is 11.9. The summed E-state index contributed by atoms with van der Waals surface area (Å²) in [5.41, 5.74) is 0.447. The molecule has 0 saturated heterocycles. The average Bonchev–Trinajstić information content (AvgIpc) is 3.16. The first-order chi connectivity index (χ1) is 8.74. The van der Waals surface area contributed by atoms with E-state index >= 15 is 0 Å². The molecule has 1 aliphatic carbocycles. The molecule has 1 amide bonds. The lowest BCUT2D eigenvalue weighted by molar-refractivity contribution is 0.102. The minimum absolute atomic E-state index is 0.244. The molecular weight excluding hydrogens is 230 g/mol. The number of carbonyl (C=O) groups excluding carboxylic acids is 1. The minimum atomic E-state index is -0.244. The fraction of sp³-hybridized carbons (Fsp3) is 0.333. The van der Waals surface area contributed by atoms with Gasteiger partial charge in [0.15, 0.2) is 0 Å². The largest absolute Gasteiger partial charge is 0.320 e. The monoisotopic (exact) mass is 243 g/mol. The van der Waals surface area contributed by atoms with E-state index in [4.69, 9.17) is 0 Å². The Morgan fingerprint density at radius 1 is 1.33 bits per heavy atom. The number of nitrogens with one attached hydrogen (secondary N) is 1. The summed E-state index contributed by atoms with van der Waals surface area (Å²) in [5, 5.41) is 2.70. The second kappa shape index (κ2) is 4.21. The highest BCUT2D eigenvalue weighted by Crippen LogP contribution is 2.37. The lowest BCUT2D eigenvalue weighted by Gasteiger charge is -2.04. The quantitative estimate of drug-likeness (QED) is 0.882. The topological polar surface area (TPSA) is 72.7 Å². The predicted octanol–water partition coefficient (Wildman–Crippen LogP) is 1.34. The number of imidazole rings is 1. The van der Waals surface area contributed by atoms with Crippen LogP contribution in [0.5, 0.6) is 0 Å². The summed E-state index contributed by atoms with van der Waals surface area (Å²) in [6, 6.07) is 0. The third kappa shape index (κ3) is 2.09. The van der Waals surface area contributed by atoms with Gasteiger partial charge in [-0.25, -0.2) is 15.0 Å². The Balaban J connectivity index is 1.73. The predicted molar refractivity (Wildman–Crippen MR) is 65.2 cm³/mol. The summed E-state index contributed by atoms with van der Waals surface area (Å²) in [5.74, 6) is 1.60. The first kappa shape index (κ1) is 10.9. The highest BCUT2D eigenvalue weighted by atomic mass is 16.1. The van der Waals surface area contributed by atoms with Crippen molar-refractivity contribution in [3.8, 4) is 0 Å². The van der Waals surface area contributed by atoms with E-state index in [-0.39, 0.29) is 5.91 Å². The van der Waals surface area contributed by atoms with Gasteiger partial charge < -0.3 is 4.57 Å². The third-order valence-corrected chi connectivity index (χ3v) is 2.92. The molecule has 6 heteroatoms. The summed E-state index contributed by atoms with van der Waals surface area (Å²) >= 11 is 0. The number of anilines is 1. The number of nitrogens with zero attached hydrogens (tertiary/aromatic N) is 4. The molecule has 3 rings (SSSR count). The number of hydrogen-bond acceptors (Lipinski definition) is 4. The van der Waals surface area contributed by atoms with Gasteiger partial charge in [-0.15, -0.1) is 0 Å². The second-order valence-electron chi connectivity index (χ2n) is 4.42. The van der Waals surface area contributed by atoms with Crippen LogP contribution in [-0.2, 0) is 7.05 Å². The Morgan fingerprint density at radius 2 is 2.06 bits per heavy atom. The van der Waals surface area contributed by atoms with Gasteiger partial charge in [-0.05, 0) is 12.8 Å². The highest BCUT2D eigenvalue weighted by Gasteiger charge is 2.26.